The average molecular weight is 314 g/mol. The minimum atomic E-state index is -1.37. The largest absolute Gasteiger partial charge is 0.545 e. The third kappa shape index (κ3) is 3.03. The number of anilines is 1. The van der Waals surface area contributed by atoms with Gasteiger partial charge in [-0.25, -0.2) is 0 Å². The quantitative estimate of drug-likeness (QED) is 0.784. The summed E-state index contributed by atoms with van der Waals surface area (Å²) in [6.07, 6.45) is 1.86. The lowest BCUT2D eigenvalue weighted by molar-refractivity contribution is -0.297. The normalized spacial score (nSPS) is 20.2. The van der Waals surface area contributed by atoms with E-state index in [2.05, 4.69) is 27.7 Å². The maximum absolute atomic E-state index is 12.6. The van der Waals surface area contributed by atoms with E-state index in [1.54, 1.807) is 4.90 Å². The molecule has 0 unspecified atom stereocenters. The fourth-order valence-corrected chi connectivity index (χ4v) is 3.97. The zero-order chi connectivity index (χ0) is 17.4. The van der Waals surface area contributed by atoms with Gasteiger partial charge in [-0.3, -0.25) is 4.79 Å². The van der Waals surface area contributed by atoms with E-state index in [4.69, 9.17) is 0 Å². The number of benzene rings is 1. The lowest BCUT2D eigenvalue weighted by Gasteiger charge is -2.30. The SMILES string of the molecule is C[C@@H](C1C(C)(C)C1(C)C)N(C(=O)/C=C/C(=O)[O-])c1ccccc1. The molecule has 0 radical (unpaired) electrons. The summed E-state index contributed by atoms with van der Waals surface area (Å²) in [5.41, 5.74) is 1.02. The molecule has 1 aliphatic rings. The molecule has 124 valence electrons. The minimum absolute atomic E-state index is 0.0405. The topological polar surface area (TPSA) is 60.4 Å². The molecule has 1 amide bonds. The molecular weight excluding hydrogens is 290 g/mol. The van der Waals surface area contributed by atoms with E-state index in [-0.39, 0.29) is 22.8 Å². The number of rotatable bonds is 5. The molecule has 4 heteroatoms. The number of amides is 1. The molecule has 1 saturated carbocycles. The van der Waals surface area contributed by atoms with Crippen LogP contribution in [0.3, 0.4) is 0 Å². The number of nitrogens with zero attached hydrogens (tertiary/aromatic N) is 1. The van der Waals surface area contributed by atoms with Crippen molar-refractivity contribution in [2.24, 2.45) is 16.7 Å². The molecule has 1 aromatic carbocycles. The number of carboxylic acids is 1. The molecule has 0 heterocycles. The number of carboxylic acid groups (broad SMARTS) is 1. The monoisotopic (exact) mass is 314 g/mol. The van der Waals surface area contributed by atoms with Crippen LogP contribution in [0.25, 0.3) is 0 Å². The Hall–Kier alpha value is -2.10. The molecule has 0 aromatic heterocycles. The van der Waals surface area contributed by atoms with E-state index in [1.165, 1.54) is 0 Å². The van der Waals surface area contributed by atoms with E-state index in [1.807, 2.05) is 37.3 Å². The Balaban J connectivity index is 2.35. The highest BCUT2D eigenvalue weighted by Gasteiger charge is 2.67. The smallest absolute Gasteiger partial charge is 0.251 e. The standard InChI is InChI=1S/C19H25NO3/c1-13(17-18(2,3)19(17,4)5)20(14-9-7-6-8-10-14)15(21)11-12-16(22)23/h6-13,17H,1-5H3,(H,22,23)/p-1/b12-11+/t13-/m0/s1. The molecule has 0 spiro atoms. The first-order valence-electron chi connectivity index (χ1n) is 7.88. The van der Waals surface area contributed by atoms with Gasteiger partial charge in [0.1, 0.15) is 0 Å². The summed E-state index contributed by atoms with van der Waals surface area (Å²) in [4.78, 5) is 24.9. The Kier molecular flexibility index (Phi) is 4.38. The van der Waals surface area contributed by atoms with E-state index in [0.717, 1.165) is 17.8 Å². The van der Waals surface area contributed by atoms with Gasteiger partial charge in [-0.05, 0) is 41.9 Å². The lowest BCUT2D eigenvalue weighted by Crippen LogP contribution is -2.40. The second-order valence-corrected chi connectivity index (χ2v) is 7.36. The van der Waals surface area contributed by atoms with E-state index in [0.29, 0.717) is 5.92 Å². The highest BCUT2D eigenvalue weighted by molar-refractivity contribution is 6.04. The molecule has 23 heavy (non-hydrogen) atoms. The highest BCUT2D eigenvalue weighted by atomic mass is 16.4. The lowest BCUT2D eigenvalue weighted by atomic mass is 10.0. The molecule has 1 fully saturated rings. The molecule has 1 atom stereocenters. The number of carbonyl (C=O) groups is 2. The molecule has 1 aromatic rings. The van der Waals surface area contributed by atoms with E-state index >= 15 is 0 Å². The van der Waals surface area contributed by atoms with Crippen LogP contribution in [-0.4, -0.2) is 17.9 Å². The molecule has 0 bridgehead atoms. The zero-order valence-corrected chi connectivity index (χ0v) is 14.4. The first-order valence-corrected chi connectivity index (χ1v) is 7.88. The zero-order valence-electron chi connectivity index (χ0n) is 14.4. The van der Waals surface area contributed by atoms with Crippen molar-refractivity contribution < 1.29 is 14.7 Å². The Morgan fingerprint density at radius 1 is 1.09 bits per heavy atom. The third-order valence-electron chi connectivity index (χ3n) is 5.66. The van der Waals surface area contributed by atoms with Gasteiger partial charge in [-0.15, -0.1) is 0 Å². The summed E-state index contributed by atoms with van der Waals surface area (Å²) in [5, 5.41) is 10.6. The van der Waals surface area contributed by atoms with Crippen LogP contribution in [0.15, 0.2) is 42.5 Å². The Bertz CT molecular complexity index is 617. The van der Waals surface area contributed by atoms with Crippen LogP contribution >= 0.6 is 0 Å². The number of hydrogen-bond acceptors (Lipinski definition) is 3. The fourth-order valence-electron chi connectivity index (χ4n) is 3.97. The fraction of sp³-hybridized carbons (Fsp3) is 0.474. The maximum atomic E-state index is 12.6. The van der Waals surface area contributed by atoms with Gasteiger partial charge in [0.15, 0.2) is 0 Å². The van der Waals surface area contributed by atoms with Gasteiger partial charge < -0.3 is 14.8 Å². The predicted octanol–water partition coefficient (Wildman–Crippen LogP) is 2.40. The van der Waals surface area contributed by atoms with Gasteiger partial charge in [0.25, 0.3) is 5.91 Å². The van der Waals surface area contributed by atoms with Crippen LogP contribution in [0.4, 0.5) is 5.69 Å². The van der Waals surface area contributed by atoms with Gasteiger partial charge in [0, 0.05) is 17.8 Å². The van der Waals surface area contributed by atoms with Crippen LogP contribution in [0.2, 0.25) is 0 Å². The molecule has 0 aliphatic heterocycles. The summed E-state index contributed by atoms with van der Waals surface area (Å²) in [6, 6.07) is 9.31. The molecular formula is C19H24NO3-. The molecule has 2 rings (SSSR count). The van der Waals surface area contributed by atoms with Crippen molar-refractivity contribution in [3.05, 3.63) is 42.5 Å². The molecule has 0 saturated heterocycles. The second kappa shape index (κ2) is 5.84. The second-order valence-electron chi connectivity index (χ2n) is 7.36. The van der Waals surface area contributed by atoms with Crippen LogP contribution in [0.5, 0.6) is 0 Å². The summed E-state index contributed by atoms with van der Waals surface area (Å²) in [6.45, 7) is 10.9. The number of aliphatic carboxylic acids is 1. The van der Waals surface area contributed by atoms with Crippen LogP contribution < -0.4 is 10.0 Å². The summed E-state index contributed by atoms with van der Waals surface area (Å²) in [5.74, 6) is -1.38. The molecule has 0 N–H and O–H groups in total. The first kappa shape index (κ1) is 17.3. The van der Waals surface area contributed by atoms with Gasteiger partial charge in [0.05, 0.1) is 5.97 Å². The Labute approximate surface area is 137 Å². The summed E-state index contributed by atoms with van der Waals surface area (Å²) < 4.78 is 0. The van der Waals surface area contributed by atoms with Gasteiger partial charge in [-0.2, -0.15) is 0 Å². The van der Waals surface area contributed by atoms with Crippen molar-refractivity contribution >= 4 is 17.6 Å². The van der Waals surface area contributed by atoms with E-state index < -0.39 is 5.97 Å². The molecule has 1 aliphatic carbocycles. The number of para-hydroxylation sites is 1. The van der Waals surface area contributed by atoms with Crippen LogP contribution in [-0.2, 0) is 9.59 Å². The highest BCUT2D eigenvalue weighted by Crippen LogP contribution is 2.70. The van der Waals surface area contributed by atoms with Crippen molar-refractivity contribution in [2.75, 3.05) is 4.90 Å². The summed E-state index contributed by atoms with van der Waals surface area (Å²) in [7, 11) is 0. The van der Waals surface area contributed by atoms with E-state index in [9.17, 15) is 14.7 Å². The number of hydrogen-bond donors (Lipinski definition) is 0. The van der Waals surface area contributed by atoms with Crippen molar-refractivity contribution in [1.29, 1.82) is 0 Å². The number of carbonyl (C=O) groups excluding carboxylic acids is 2. The first-order chi connectivity index (χ1) is 10.6. The molecule has 4 nitrogen and oxygen atoms in total. The third-order valence-corrected chi connectivity index (χ3v) is 5.66. The summed E-state index contributed by atoms with van der Waals surface area (Å²) >= 11 is 0. The predicted molar refractivity (Wildman–Crippen MR) is 88.6 cm³/mol. The van der Waals surface area contributed by atoms with Gasteiger partial charge in [0.2, 0.25) is 0 Å². The van der Waals surface area contributed by atoms with Crippen molar-refractivity contribution in [1.82, 2.24) is 0 Å². The van der Waals surface area contributed by atoms with Crippen LogP contribution in [0.1, 0.15) is 34.6 Å². The van der Waals surface area contributed by atoms with Crippen molar-refractivity contribution in [3.8, 4) is 0 Å². The maximum Gasteiger partial charge on any atom is 0.251 e. The van der Waals surface area contributed by atoms with Crippen LogP contribution in [0, 0.1) is 16.7 Å². The Morgan fingerprint density at radius 3 is 2.04 bits per heavy atom. The van der Waals surface area contributed by atoms with Gasteiger partial charge >= 0.3 is 0 Å². The van der Waals surface area contributed by atoms with Crippen molar-refractivity contribution in [2.45, 2.75) is 40.7 Å². The van der Waals surface area contributed by atoms with Gasteiger partial charge in [-0.1, -0.05) is 45.9 Å². The van der Waals surface area contributed by atoms with Crippen molar-refractivity contribution in [3.63, 3.8) is 0 Å². The Morgan fingerprint density at radius 2 is 1.61 bits per heavy atom. The minimum Gasteiger partial charge on any atom is -0.545 e. The average Bonchev–Trinajstić information content (AvgIpc) is 2.87.